The molecule has 1 N–H and O–H groups in total. The van der Waals surface area contributed by atoms with Crippen LogP contribution >= 0.6 is 0 Å². The smallest absolute Gasteiger partial charge is 0.131 e. The van der Waals surface area contributed by atoms with Crippen LogP contribution in [0, 0.1) is 0 Å². The van der Waals surface area contributed by atoms with E-state index in [1.165, 1.54) is 27.8 Å². The van der Waals surface area contributed by atoms with Crippen molar-refractivity contribution in [2.24, 2.45) is 0 Å². The molecule has 2 heteroatoms. The summed E-state index contributed by atoms with van der Waals surface area (Å²) in [5.74, 6) is 0. The molecule has 176 valence electrons. The summed E-state index contributed by atoms with van der Waals surface area (Å²) in [7, 11) is -1.54. The molecule has 0 aliphatic heterocycles. The lowest BCUT2D eigenvalue weighted by molar-refractivity contribution is 0.508. The first-order valence-corrected chi connectivity index (χ1v) is 15.2. The van der Waals surface area contributed by atoms with Gasteiger partial charge in [-0.25, -0.2) is 0 Å². The molecule has 0 bridgehead atoms. The molecule has 1 unspecified atom stereocenters. The molecule has 1 nitrogen and oxygen atoms in total. The van der Waals surface area contributed by atoms with Gasteiger partial charge in [-0.3, -0.25) is 0 Å². The molecule has 0 amide bonds. The van der Waals surface area contributed by atoms with Crippen LogP contribution in [-0.2, 0) is 0 Å². The molecule has 3 aromatic carbocycles. The fourth-order valence-electron chi connectivity index (χ4n) is 4.94. The summed E-state index contributed by atoms with van der Waals surface area (Å²) in [6, 6.07) is 29.4. The van der Waals surface area contributed by atoms with Gasteiger partial charge < -0.3 is 4.98 Å². The van der Waals surface area contributed by atoms with E-state index in [1.807, 2.05) is 36.4 Å². The Morgan fingerprint density at radius 2 is 1.18 bits per heavy atom. The van der Waals surface area contributed by atoms with E-state index in [0.717, 1.165) is 0 Å². The highest BCUT2D eigenvalue weighted by Gasteiger charge is 2.39. The van der Waals surface area contributed by atoms with Gasteiger partial charge in [-0.2, -0.15) is 0 Å². The predicted molar refractivity (Wildman–Crippen MR) is 154 cm³/mol. The molecule has 0 saturated carbocycles. The Kier molecular flexibility index (Phi) is 8.65. The second kappa shape index (κ2) is 11.5. The third-order valence-electron chi connectivity index (χ3n) is 5.85. The molecule has 0 radical (unpaired) electrons. The third-order valence-corrected chi connectivity index (χ3v) is 9.46. The van der Waals surface area contributed by atoms with Crippen LogP contribution in [0.3, 0.4) is 0 Å². The van der Waals surface area contributed by atoms with E-state index in [1.54, 1.807) is 0 Å². The first-order chi connectivity index (χ1) is 16.2. The standard InChI is InChI=1S/C16H25NSi.C16H14/c1-12-11-13-9-7-8-10-14(13)15(12)18(5,6)17-16(2,3)4;1-3-9-15(10-4-1)13-7-8-14-16-11-5-2-6-12-16/h7-11,15,17H,1-6H3;1-14H/b;13-7+,14-8+. The van der Waals surface area contributed by atoms with Crippen molar-refractivity contribution in [2.45, 2.75) is 51.9 Å². The monoisotopic (exact) mass is 465 g/mol. The number of benzene rings is 3. The molecule has 34 heavy (non-hydrogen) atoms. The van der Waals surface area contributed by atoms with Crippen molar-refractivity contribution < 1.29 is 0 Å². The largest absolute Gasteiger partial charge is 0.332 e. The first-order valence-electron chi connectivity index (χ1n) is 12.2. The maximum atomic E-state index is 3.91. The Morgan fingerprint density at radius 3 is 1.68 bits per heavy atom. The van der Waals surface area contributed by atoms with E-state index in [0.29, 0.717) is 5.54 Å². The van der Waals surface area contributed by atoms with E-state index in [9.17, 15) is 0 Å². The van der Waals surface area contributed by atoms with Crippen molar-refractivity contribution in [3.8, 4) is 0 Å². The van der Waals surface area contributed by atoms with Gasteiger partial charge >= 0.3 is 0 Å². The lowest BCUT2D eigenvalue weighted by Gasteiger charge is -2.38. The minimum absolute atomic E-state index is 0.188. The van der Waals surface area contributed by atoms with Crippen LogP contribution in [0.2, 0.25) is 13.1 Å². The summed E-state index contributed by atoms with van der Waals surface area (Å²) in [6.45, 7) is 14.0. The Labute approximate surface area is 208 Å². The van der Waals surface area contributed by atoms with Gasteiger partial charge in [0.2, 0.25) is 0 Å². The Balaban J connectivity index is 0.000000192. The molecule has 1 aliphatic carbocycles. The molecule has 0 heterocycles. The Hall–Kier alpha value is -2.94. The zero-order chi connectivity index (χ0) is 24.6. The lowest BCUT2D eigenvalue weighted by Crippen LogP contribution is -2.58. The fraction of sp³-hybridized carbons (Fsp3) is 0.250. The maximum Gasteiger partial charge on any atom is 0.131 e. The Bertz CT molecular complexity index is 1080. The van der Waals surface area contributed by atoms with Gasteiger partial charge in [0.15, 0.2) is 0 Å². The van der Waals surface area contributed by atoms with Crippen molar-refractivity contribution in [3.05, 3.63) is 125 Å². The Morgan fingerprint density at radius 1 is 0.706 bits per heavy atom. The second-order valence-corrected chi connectivity index (χ2v) is 14.9. The minimum Gasteiger partial charge on any atom is -0.332 e. The first kappa shape index (κ1) is 25.7. The molecule has 0 saturated heterocycles. The number of rotatable bonds is 5. The topological polar surface area (TPSA) is 12.0 Å². The van der Waals surface area contributed by atoms with Crippen LogP contribution in [0.4, 0.5) is 0 Å². The van der Waals surface area contributed by atoms with Crippen LogP contribution < -0.4 is 4.98 Å². The SMILES string of the molecule is C(/C=C/c1ccccc1)=C\c1ccccc1.CC1=Cc2ccccc2C1[Si](C)(C)NC(C)(C)C. The highest BCUT2D eigenvalue weighted by molar-refractivity contribution is 6.77. The normalized spacial score (nSPS) is 15.7. The third kappa shape index (κ3) is 7.55. The van der Waals surface area contributed by atoms with E-state index >= 15 is 0 Å². The van der Waals surface area contributed by atoms with E-state index in [4.69, 9.17) is 0 Å². The highest BCUT2D eigenvalue weighted by Crippen LogP contribution is 2.41. The number of allylic oxidation sites excluding steroid dienone is 3. The van der Waals surface area contributed by atoms with Crippen LogP contribution in [0.5, 0.6) is 0 Å². The van der Waals surface area contributed by atoms with Crippen molar-refractivity contribution in [2.75, 3.05) is 0 Å². The van der Waals surface area contributed by atoms with Crippen molar-refractivity contribution in [3.63, 3.8) is 0 Å². The average molecular weight is 466 g/mol. The molecule has 0 spiro atoms. The maximum absolute atomic E-state index is 3.91. The number of hydrogen-bond donors (Lipinski definition) is 1. The summed E-state index contributed by atoms with van der Waals surface area (Å²) in [5.41, 5.74) is 7.69. The lowest BCUT2D eigenvalue weighted by atomic mass is 10.1. The van der Waals surface area contributed by atoms with Crippen LogP contribution in [0.15, 0.2) is 103 Å². The van der Waals surface area contributed by atoms with Gasteiger partial charge in [-0.15, -0.1) is 0 Å². The molecule has 4 rings (SSSR count). The summed E-state index contributed by atoms with van der Waals surface area (Å²) < 4.78 is 0. The fourth-order valence-corrected chi connectivity index (χ4v) is 9.28. The van der Waals surface area contributed by atoms with Crippen LogP contribution in [0.25, 0.3) is 18.2 Å². The molecule has 1 atom stereocenters. The minimum atomic E-state index is -1.54. The van der Waals surface area contributed by atoms with Crippen molar-refractivity contribution in [1.29, 1.82) is 0 Å². The van der Waals surface area contributed by atoms with E-state index < -0.39 is 8.24 Å². The van der Waals surface area contributed by atoms with Gasteiger partial charge in [0.05, 0.1) is 0 Å². The molecule has 0 aromatic heterocycles. The number of fused-ring (bicyclic) bond motifs is 1. The summed E-state index contributed by atoms with van der Waals surface area (Å²) in [6.07, 6.45) is 10.7. The van der Waals surface area contributed by atoms with Gasteiger partial charge in [0, 0.05) is 11.1 Å². The molecule has 1 aliphatic rings. The molecular weight excluding hydrogens is 426 g/mol. The number of hydrogen-bond acceptors (Lipinski definition) is 1. The number of nitrogens with one attached hydrogen (secondary N) is 1. The quantitative estimate of drug-likeness (QED) is 0.293. The molecule has 3 aromatic rings. The van der Waals surface area contributed by atoms with Crippen molar-refractivity contribution in [1.82, 2.24) is 4.98 Å². The zero-order valence-electron chi connectivity index (χ0n) is 21.5. The van der Waals surface area contributed by atoms with Crippen LogP contribution in [-0.4, -0.2) is 13.8 Å². The summed E-state index contributed by atoms with van der Waals surface area (Å²) in [4.78, 5) is 3.91. The van der Waals surface area contributed by atoms with E-state index in [-0.39, 0.29) is 5.54 Å². The van der Waals surface area contributed by atoms with Gasteiger partial charge in [-0.05, 0) is 49.9 Å². The van der Waals surface area contributed by atoms with Gasteiger partial charge in [-0.1, -0.05) is 134 Å². The van der Waals surface area contributed by atoms with E-state index in [2.05, 4.69) is 125 Å². The van der Waals surface area contributed by atoms with Gasteiger partial charge in [0.25, 0.3) is 0 Å². The zero-order valence-corrected chi connectivity index (χ0v) is 22.5. The molecule has 0 fully saturated rings. The average Bonchev–Trinajstić information content (AvgIpc) is 3.14. The van der Waals surface area contributed by atoms with Gasteiger partial charge in [0.1, 0.15) is 8.24 Å². The highest BCUT2D eigenvalue weighted by atomic mass is 28.3. The summed E-state index contributed by atoms with van der Waals surface area (Å²) >= 11 is 0. The summed E-state index contributed by atoms with van der Waals surface area (Å²) in [5, 5.41) is 0. The second-order valence-electron chi connectivity index (χ2n) is 10.6. The predicted octanol–water partition coefficient (Wildman–Crippen LogP) is 8.73. The van der Waals surface area contributed by atoms with Crippen molar-refractivity contribution >= 4 is 26.5 Å². The molecular formula is C32H39NSi. The van der Waals surface area contributed by atoms with Crippen LogP contribution in [0.1, 0.15) is 55.5 Å².